The first-order chi connectivity index (χ1) is 13.0. The van der Waals surface area contributed by atoms with Gasteiger partial charge in [-0.2, -0.15) is 0 Å². The molecule has 0 aliphatic carbocycles. The monoisotopic (exact) mass is 647 g/mol. The summed E-state index contributed by atoms with van der Waals surface area (Å²) >= 11 is 0. The molecule has 0 amide bonds. The first kappa shape index (κ1) is 25.6. The van der Waals surface area contributed by atoms with Crippen LogP contribution >= 0.6 is 0 Å². The first-order valence-electron chi connectivity index (χ1n) is 7.80. The molecular formula is C13H27N14NpO2+. The van der Waals surface area contributed by atoms with Gasteiger partial charge < -0.3 is 34.4 Å². The maximum Gasteiger partial charge on any atom is 0.193 e. The van der Waals surface area contributed by atoms with Gasteiger partial charge in [0.1, 0.15) is 5.75 Å². The Balaban J connectivity index is 0.00000450. The van der Waals surface area contributed by atoms with Gasteiger partial charge in [-0.15, -0.1) is 11.6 Å². The summed E-state index contributed by atoms with van der Waals surface area (Å²) in [6.45, 7) is 1.62. The summed E-state index contributed by atoms with van der Waals surface area (Å²) in [7, 11) is 0. The zero-order valence-electron chi connectivity index (χ0n) is 16.1. The van der Waals surface area contributed by atoms with Gasteiger partial charge in [-0.25, -0.2) is 0 Å². The summed E-state index contributed by atoms with van der Waals surface area (Å²) in [6.07, 6.45) is 0. The number of rotatable bonds is 5. The zero-order valence-corrected chi connectivity index (χ0v) is 19.8. The third kappa shape index (κ3) is 4.98. The van der Waals surface area contributed by atoms with Crippen LogP contribution in [0.2, 0.25) is 0 Å². The van der Waals surface area contributed by atoms with E-state index in [0.717, 1.165) is 0 Å². The summed E-state index contributed by atoms with van der Waals surface area (Å²) in [5.41, 5.74) is 36.1. The van der Waals surface area contributed by atoms with Gasteiger partial charge in [-0.3, -0.25) is 9.68 Å². The van der Waals surface area contributed by atoms with Gasteiger partial charge in [-0.1, -0.05) is 47.5 Å². The van der Waals surface area contributed by atoms with E-state index in [1.54, 1.807) is 6.92 Å². The molecule has 0 atom stereocenters. The van der Waals surface area contributed by atoms with E-state index in [1.165, 1.54) is 0 Å². The number of nitrogen functional groups attached to an aromatic ring is 6. The molecule has 2 aromatic carbocycles. The van der Waals surface area contributed by atoms with Crippen molar-refractivity contribution in [3.8, 4) is 22.6 Å². The van der Waals surface area contributed by atoms with E-state index in [2.05, 4.69) is 6.07 Å². The van der Waals surface area contributed by atoms with Crippen LogP contribution in [0, 0.1) is 42.9 Å². The van der Waals surface area contributed by atoms with Crippen molar-refractivity contribution in [3.05, 3.63) is 11.6 Å². The molecule has 0 spiro atoms. The third-order valence-electron chi connectivity index (χ3n) is 3.84. The van der Waals surface area contributed by atoms with E-state index in [0.29, 0.717) is 5.56 Å². The molecule has 2 rings (SSSR count). The predicted octanol–water partition coefficient (Wildman–Crippen LogP) is -3.58. The fourth-order valence-corrected chi connectivity index (χ4v) is 2.50. The summed E-state index contributed by atoms with van der Waals surface area (Å²) in [6, 6.07) is 2.92. The fraction of sp³-hybridized carbons (Fsp3) is 0.0769. The molecule has 30 heavy (non-hydrogen) atoms. The Kier molecular flexibility index (Phi) is 7.11. The molecular weight excluding hydrogens is 621 g/mol. The van der Waals surface area contributed by atoms with E-state index < -0.39 is 9.95 Å². The van der Waals surface area contributed by atoms with Crippen LogP contribution in [0.3, 0.4) is 0 Å². The molecule has 0 bridgehead atoms. The number of nitrogens with two attached hydrogens (primary N) is 12. The number of hydrogen-bond donors (Lipinski definition) is 12. The van der Waals surface area contributed by atoms with E-state index in [4.69, 9.17) is 79.1 Å². The maximum atomic E-state index is 6.16. The average Bonchev–Trinajstić information content (AvgIpc) is 2.57. The van der Waals surface area contributed by atoms with Gasteiger partial charge in [-0.05, 0) is 11.3 Å². The van der Waals surface area contributed by atoms with Gasteiger partial charge in [0, 0.05) is 41.3 Å². The minimum atomic E-state index is -1.48. The quantitative estimate of drug-likeness (QED) is 0.0490. The minimum absolute atomic E-state index is 0. The van der Waals surface area contributed by atoms with Crippen LogP contribution in [0.1, 0.15) is 5.56 Å². The van der Waals surface area contributed by atoms with Crippen LogP contribution in [-0.2, 0) is 0 Å². The van der Waals surface area contributed by atoms with Gasteiger partial charge in [0.25, 0.3) is 0 Å². The molecule has 0 aliphatic rings. The predicted molar refractivity (Wildman–Crippen MR) is 109 cm³/mol. The number of aryl methyl sites for hydroxylation is 1. The van der Waals surface area contributed by atoms with Crippen molar-refractivity contribution in [3.63, 3.8) is 0 Å². The van der Waals surface area contributed by atoms with Crippen molar-refractivity contribution in [2.24, 2.45) is 35.1 Å². The number of anilines is 6. The first-order valence-corrected chi connectivity index (χ1v) is 7.80. The van der Waals surface area contributed by atoms with Crippen molar-refractivity contribution < 1.29 is 49.6 Å². The van der Waals surface area contributed by atoms with Crippen molar-refractivity contribution >= 4 is 34.1 Å². The molecule has 0 fully saturated rings. The minimum Gasteiger partial charge on any atom is -0.435 e. The Morgan fingerprint density at radius 2 is 1.00 bits per heavy atom. The van der Waals surface area contributed by atoms with Crippen molar-refractivity contribution in [1.29, 1.82) is 0 Å². The number of hydrogen-bond acceptors (Lipinski definition) is 14. The molecule has 24 N–H and O–H groups in total. The summed E-state index contributed by atoms with van der Waals surface area (Å²) in [5.74, 6) is 32.5. The van der Waals surface area contributed by atoms with E-state index in [9.17, 15) is 0 Å². The van der Waals surface area contributed by atoms with E-state index >= 15 is 0 Å². The Bertz CT molecular complexity index is 969. The fourth-order valence-electron chi connectivity index (χ4n) is 2.50. The van der Waals surface area contributed by atoms with Crippen LogP contribution in [-0.4, -0.2) is 9.95 Å². The molecule has 0 aliphatic heterocycles. The van der Waals surface area contributed by atoms with Gasteiger partial charge in [0.15, 0.2) is 5.75 Å². The van der Waals surface area contributed by atoms with Crippen molar-refractivity contribution in [2.45, 2.75) is 6.92 Å². The zero-order chi connectivity index (χ0) is 22.5. The van der Waals surface area contributed by atoms with Gasteiger partial charge in [0.05, 0.1) is 27.0 Å². The number of benzene rings is 2. The summed E-state index contributed by atoms with van der Waals surface area (Å²) in [4.78, 5) is 7.68. The molecule has 16 nitrogen and oxygen atoms in total. The molecule has 1 radical (unpaired) electrons. The average molecular weight is 648 g/mol. The summed E-state index contributed by atoms with van der Waals surface area (Å²) < 4.78 is 0. The Morgan fingerprint density at radius 3 is 1.47 bits per heavy atom. The second kappa shape index (κ2) is 8.34. The molecule has 17 heteroatoms. The van der Waals surface area contributed by atoms with Crippen molar-refractivity contribution in [2.75, 3.05) is 34.4 Å². The van der Waals surface area contributed by atoms with Crippen LogP contribution < -0.4 is 79.1 Å². The second-order valence-corrected chi connectivity index (χ2v) is 6.35. The normalized spacial score (nSPS) is 11.7. The molecule has 0 unspecified atom stereocenters. The van der Waals surface area contributed by atoms with Gasteiger partial charge >= 0.3 is 0 Å². The second-order valence-electron chi connectivity index (χ2n) is 6.35. The summed E-state index contributed by atoms with van der Waals surface area (Å²) in [5, 5.41) is 0. The van der Waals surface area contributed by atoms with Gasteiger partial charge in [0.2, 0.25) is 0 Å². The smallest absolute Gasteiger partial charge is 0.193 e. The molecule has 0 saturated carbocycles. The Labute approximate surface area is 194 Å². The van der Waals surface area contributed by atoms with Crippen molar-refractivity contribution in [1.82, 2.24) is 0 Å². The van der Waals surface area contributed by atoms with Crippen LogP contribution in [0.5, 0.6) is 11.5 Å². The SMILES string of the molecule is Cc1[c-]c(-c2c(N)c(N)c(N)c(N)c2O[N+](N)(N)N)c(O[N+](N)(N)N)c(N)c1N.[Np]. The Morgan fingerprint density at radius 1 is 0.600 bits per heavy atom. The molecule has 0 aromatic heterocycles. The maximum absolute atomic E-state index is 6.16. The van der Waals surface area contributed by atoms with Crippen LogP contribution in [0.25, 0.3) is 11.1 Å². The van der Waals surface area contributed by atoms with E-state index in [1.807, 2.05) is 0 Å². The standard InChI is InChI=1S/C13H27N14O2.Np/c1-3-2-4(12(10(18)6(3)14)28-26(20,21)22)5-7(15)8(16)9(17)11(19)13(5)29-27(23,24)25;/h14-25H2,1H3;/q+1;. The third-order valence-corrected chi connectivity index (χ3v) is 3.84. The molecule has 165 valence electrons. The number of quaternary nitrogens is 2. The molecule has 0 heterocycles. The number of nitrogens with zero attached hydrogens (tertiary/aromatic N) is 2. The molecule has 0 saturated heterocycles. The Hall–Kier alpha value is -2.47. The topological polar surface area (TPSA) is 331 Å². The van der Waals surface area contributed by atoms with Crippen LogP contribution in [0.15, 0.2) is 0 Å². The van der Waals surface area contributed by atoms with E-state index in [-0.39, 0.29) is 86.7 Å². The van der Waals surface area contributed by atoms with Crippen LogP contribution in [0.4, 0.5) is 34.1 Å². The largest absolute Gasteiger partial charge is 0.435 e. The molecule has 2 aromatic rings.